The second-order valence-electron chi connectivity index (χ2n) is 8.55. The number of carbonyl (C=O) groups is 1. The lowest BCUT2D eigenvalue weighted by Crippen LogP contribution is -2.35. The highest BCUT2D eigenvalue weighted by atomic mass is 19.1. The van der Waals surface area contributed by atoms with Crippen LogP contribution in [0.3, 0.4) is 0 Å². The molecule has 160 valence electrons. The van der Waals surface area contributed by atoms with Gasteiger partial charge in [0.25, 0.3) is 5.91 Å². The SMILES string of the molecule is O=C1c2ccccc2[C@@H](c2c(-c3ccc(F)cc3)[nH]c3ccccc23)N1C[C@H]1CCCO1. The van der Waals surface area contributed by atoms with E-state index in [4.69, 9.17) is 4.74 Å². The van der Waals surface area contributed by atoms with Gasteiger partial charge in [-0.05, 0) is 60.4 Å². The molecule has 4 aromatic rings. The van der Waals surface area contributed by atoms with Gasteiger partial charge >= 0.3 is 0 Å². The van der Waals surface area contributed by atoms with Crippen LogP contribution < -0.4 is 0 Å². The molecular formula is C27H23FN2O2. The van der Waals surface area contributed by atoms with Gasteiger partial charge in [-0.2, -0.15) is 0 Å². The molecule has 1 fully saturated rings. The normalized spacial score (nSPS) is 20.3. The number of nitrogens with zero attached hydrogens (tertiary/aromatic N) is 1. The number of ether oxygens (including phenoxy) is 1. The Labute approximate surface area is 185 Å². The van der Waals surface area contributed by atoms with Crippen molar-refractivity contribution in [2.45, 2.75) is 25.0 Å². The number of nitrogens with one attached hydrogen (secondary N) is 1. The van der Waals surface area contributed by atoms with Gasteiger partial charge in [0, 0.05) is 35.2 Å². The molecule has 3 heterocycles. The Kier molecular flexibility index (Phi) is 4.58. The number of fused-ring (bicyclic) bond motifs is 2. The lowest BCUT2D eigenvalue weighted by Gasteiger charge is -2.28. The van der Waals surface area contributed by atoms with E-state index in [0.717, 1.165) is 58.3 Å². The van der Waals surface area contributed by atoms with Gasteiger partial charge in [0.2, 0.25) is 0 Å². The molecule has 0 bridgehead atoms. The van der Waals surface area contributed by atoms with E-state index < -0.39 is 0 Å². The van der Waals surface area contributed by atoms with Crippen molar-refractivity contribution in [3.05, 3.63) is 95.3 Å². The standard InChI is InChI=1S/C27H23FN2O2/c28-18-13-11-17(12-14-18)25-24(22-9-3-4-10-23(22)29-25)26-20-7-1-2-8-21(20)27(31)30(26)16-19-6-5-15-32-19/h1-4,7-14,19,26,29H,5-6,15-16H2/t19-,26+/m1/s1. The fraction of sp³-hybridized carbons (Fsp3) is 0.222. The zero-order chi connectivity index (χ0) is 21.7. The van der Waals surface area contributed by atoms with Crippen molar-refractivity contribution in [3.8, 4) is 11.3 Å². The van der Waals surface area contributed by atoms with Gasteiger partial charge in [0.05, 0.1) is 17.8 Å². The van der Waals surface area contributed by atoms with Crippen LogP contribution in [0.2, 0.25) is 0 Å². The van der Waals surface area contributed by atoms with E-state index in [0.29, 0.717) is 6.54 Å². The van der Waals surface area contributed by atoms with Gasteiger partial charge in [0.1, 0.15) is 5.82 Å². The third-order valence-corrected chi connectivity index (χ3v) is 6.64. The number of para-hydroxylation sites is 1. The van der Waals surface area contributed by atoms with Crippen LogP contribution in [-0.2, 0) is 4.74 Å². The summed E-state index contributed by atoms with van der Waals surface area (Å²) < 4.78 is 19.6. The van der Waals surface area contributed by atoms with Gasteiger partial charge in [0.15, 0.2) is 0 Å². The minimum Gasteiger partial charge on any atom is -0.376 e. The zero-order valence-corrected chi connectivity index (χ0v) is 17.6. The van der Waals surface area contributed by atoms with Crippen LogP contribution in [0, 0.1) is 5.82 Å². The van der Waals surface area contributed by atoms with Crippen LogP contribution >= 0.6 is 0 Å². The minimum atomic E-state index is -0.271. The first-order valence-corrected chi connectivity index (χ1v) is 11.1. The molecule has 1 saturated heterocycles. The van der Waals surface area contributed by atoms with Gasteiger partial charge < -0.3 is 14.6 Å². The second-order valence-corrected chi connectivity index (χ2v) is 8.55. The summed E-state index contributed by atoms with van der Waals surface area (Å²) in [6.45, 7) is 1.30. The smallest absolute Gasteiger partial charge is 0.255 e. The maximum Gasteiger partial charge on any atom is 0.255 e. The summed E-state index contributed by atoms with van der Waals surface area (Å²) in [5, 5.41) is 1.07. The van der Waals surface area contributed by atoms with Crippen LogP contribution in [0.25, 0.3) is 22.2 Å². The number of H-pyrrole nitrogens is 1. The molecule has 0 unspecified atom stereocenters. The number of amides is 1. The Hall–Kier alpha value is -3.44. The number of rotatable bonds is 4. The van der Waals surface area contributed by atoms with Crippen molar-refractivity contribution < 1.29 is 13.9 Å². The molecule has 2 aliphatic heterocycles. The van der Waals surface area contributed by atoms with Gasteiger partial charge in [-0.3, -0.25) is 4.79 Å². The molecule has 32 heavy (non-hydrogen) atoms. The van der Waals surface area contributed by atoms with Gasteiger partial charge in [-0.15, -0.1) is 0 Å². The van der Waals surface area contributed by atoms with Crippen molar-refractivity contribution in [2.24, 2.45) is 0 Å². The van der Waals surface area contributed by atoms with Crippen LogP contribution in [-0.4, -0.2) is 35.0 Å². The summed E-state index contributed by atoms with van der Waals surface area (Å²) in [4.78, 5) is 19.0. The third kappa shape index (κ3) is 3.04. The Balaban J connectivity index is 1.57. The fourth-order valence-corrected chi connectivity index (χ4v) is 5.17. The maximum absolute atomic E-state index is 13.7. The highest BCUT2D eigenvalue weighted by Crippen LogP contribution is 2.45. The van der Waals surface area contributed by atoms with Crippen molar-refractivity contribution in [1.82, 2.24) is 9.88 Å². The van der Waals surface area contributed by atoms with Gasteiger partial charge in [-0.1, -0.05) is 36.4 Å². The molecule has 4 nitrogen and oxygen atoms in total. The molecular weight excluding hydrogens is 403 g/mol. The molecule has 2 atom stereocenters. The Bertz CT molecular complexity index is 1300. The number of hydrogen-bond donors (Lipinski definition) is 1. The van der Waals surface area contributed by atoms with Crippen molar-refractivity contribution >= 4 is 16.8 Å². The van der Waals surface area contributed by atoms with Crippen LogP contribution in [0.1, 0.15) is 40.4 Å². The van der Waals surface area contributed by atoms with Crippen molar-refractivity contribution in [3.63, 3.8) is 0 Å². The summed E-state index contributed by atoms with van der Waals surface area (Å²) in [5.41, 5.74) is 5.60. The summed E-state index contributed by atoms with van der Waals surface area (Å²) >= 11 is 0. The lowest BCUT2D eigenvalue weighted by molar-refractivity contribution is 0.0501. The first kappa shape index (κ1) is 19.3. The third-order valence-electron chi connectivity index (χ3n) is 6.64. The number of aromatic nitrogens is 1. The number of halogens is 1. The average Bonchev–Trinajstić information content (AvgIpc) is 3.53. The van der Waals surface area contributed by atoms with E-state index in [9.17, 15) is 9.18 Å². The number of aromatic amines is 1. The molecule has 3 aromatic carbocycles. The van der Waals surface area contributed by atoms with Gasteiger partial charge in [-0.25, -0.2) is 4.39 Å². The molecule has 1 aromatic heterocycles. The molecule has 2 aliphatic rings. The van der Waals surface area contributed by atoms with Crippen LogP contribution in [0.4, 0.5) is 4.39 Å². The molecule has 0 radical (unpaired) electrons. The number of carbonyl (C=O) groups excluding carboxylic acids is 1. The molecule has 6 rings (SSSR count). The summed E-state index contributed by atoms with van der Waals surface area (Å²) in [5.74, 6) is -0.232. The summed E-state index contributed by atoms with van der Waals surface area (Å²) in [7, 11) is 0. The summed E-state index contributed by atoms with van der Waals surface area (Å²) in [6.07, 6.45) is 2.04. The first-order chi connectivity index (χ1) is 15.7. The molecule has 0 spiro atoms. The molecule has 1 N–H and O–H groups in total. The van der Waals surface area contributed by atoms with E-state index in [-0.39, 0.29) is 23.9 Å². The van der Waals surface area contributed by atoms with Crippen molar-refractivity contribution in [2.75, 3.05) is 13.2 Å². The second kappa shape index (κ2) is 7.61. The topological polar surface area (TPSA) is 45.3 Å². The van der Waals surface area contributed by atoms with Crippen molar-refractivity contribution in [1.29, 1.82) is 0 Å². The Morgan fingerprint density at radius 1 is 1.00 bits per heavy atom. The lowest BCUT2D eigenvalue weighted by atomic mass is 9.93. The fourth-order valence-electron chi connectivity index (χ4n) is 5.17. The van der Waals surface area contributed by atoms with E-state index in [1.54, 1.807) is 12.1 Å². The summed E-state index contributed by atoms with van der Waals surface area (Å²) in [6, 6.07) is 22.3. The number of benzene rings is 3. The Morgan fingerprint density at radius 3 is 2.59 bits per heavy atom. The zero-order valence-electron chi connectivity index (χ0n) is 17.6. The predicted octanol–water partition coefficient (Wildman–Crippen LogP) is 5.70. The van der Waals surface area contributed by atoms with E-state index >= 15 is 0 Å². The Morgan fingerprint density at radius 2 is 1.78 bits per heavy atom. The van der Waals surface area contributed by atoms with E-state index in [1.807, 2.05) is 47.4 Å². The molecule has 1 amide bonds. The molecule has 0 saturated carbocycles. The monoisotopic (exact) mass is 426 g/mol. The maximum atomic E-state index is 13.7. The molecule has 5 heteroatoms. The van der Waals surface area contributed by atoms with E-state index in [1.165, 1.54) is 12.1 Å². The minimum absolute atomic E-state index is 0.0384. The first-order valence-electron chi connectivity index (χ1n) is 11.1. The van der Waals surface area contributed by atoms with Crippen LogP contribution in [0.15, 0.2) is 72.8 Å². The van der Waals surface area contributed by atoms with E-state index in [2.05, 4.69) is 11.1 Å². The number of hydrogen-bond acceptors (Lipinski definition) is 2. The average molecular weight is 426 g/mol. The van der Waals surface area contributed by atoms with Crippen LogP contribution in [0.5, 0.6) is 0 Å². The highest BCUT2D eigenvalue weighted by molar-refractivity contribution is 6.02. The molecule has 0 aliphatic carbocycles. The predicted molar refractivity (Wildman–Crippen MR) is 122 cm³/mol. The highest BCUT2D eigenvalue weighted by Gasteiger charge is 2.41. The quantitative estimate of drug-likeness (QED) is 0.455. The largest absolute Gasteiger partial charge is 0.376 e.